The zero-order valence-corrected chi connectivity index (χ0v) is 11.1. The average molecular weight is 282 g/mol. The maximum Gasteiger partial charge on any atom is 0.406 e. The molecule has 1 aliphatic heterocycles. The third-order valence-corrected chi connectivity index (χ3v) is 3.72. The van der Waals surface area contributed by atoms with E-state index in [4.69, 9.17) is 5.11 Å². The van der Waals surface area contributed by atoms with Gasteiger partial charge in [0.05, 0.1) is 12.0 Å². The predicted molar refractivity (Wildman–Crippen MR) is 64.5 cm³/mol. The fraction of sp³-hybridized carbons (Fsp3) is 0.917. The van der Waals surface area contributed by atoms with Gasteiger partial charge in [0.1, 0.15) is 6.54 Å². The highest BCUT2D eigenvalue weighted by atomic mass is 19.4. The Labute approximate surface area is 111 Å². The number of amides is 1. The maximum atomic E-state index is 12.5. The number of piperidine rings is 1. The fourth-order valence-corrected chi connectivity index (χ4v) is 2.55. The van der Waals surface area contributed by atoms with Crippen LogP contribution in [0.25, 0.3) is 0 Å². The van der Waals surface area contributed by atoms with E-state index in [0.29, 0.717) is 32.4 Å². The van der Waals surface area contributed by atoms with Crippen molar-refractivity contribution in [2.45, 2.75) is 32.4 Å². The third kappa shape index (κ3) is 4.35. The molecule has 0 aromatic rings. The van der Waals surface area contributed by atoms with Crippen LogP contribution in [-0.2, 0) is 4.79 Å². The van der Waals surface area contributed by atoms with E-state index in [1.165, 1.54) is 0 Å². The SMILES string of the molecule is CCC1(C(=O)N(CCO)CC(F)(F)F)CCNCC1. The van der Waals surface area contributed by atoms with Gasteiger partial charge in [0, 0.05) is 6.54 Å². The van der Waals surface area contributed by atoms with Gasteiger partial charge in [0.15, 0.2) is 0 Å². The average Bonchev–Trinajstić information content (AvgIpc) is 2.36. The number of halogens is 3. The summed E-state index contributed by atoms with van der Waals surface area (Å²) in [4.78, 5) is 13.2. The Balaban J connectivity index is 2.84. The third-order valence-electron chi connectivity index (χ3n) is 3.72. The van der Waals surface area contributed by atoms with Gasteiger partial charge >= 0.3 is 6.18 Å². The summed E-state index contributed by atoms with van der Waals surface area (Å²) in [5.41, 5.74) is -0.717. The second-order valence-electron chi connectivity index (χ2n) is 4.95. The molecule has 4 nitrogen and oxygen atoms in total. The van der Waals surface area contributed by atoms with Crippen LogP contribution in [0.3, 0.4) is 0 Å². The summed E-state index contributed by atoms with van der Waals surface area (Å²) in [5, 5.41) is 12.0. The molecule has 0 aliphatic carbocycles. The van der Waals surface area contributed by atoms with Gasteiger partial charge in [0.25, 0.3) is 0 Å². The molecule has 0 radical (unpaired) electrons. The molecule has 1 rings (SSSR count). The maximum absolute atomic E-state index is 12.5. The molecule has 0 aromatic carbocycles. The van der Waals surface area contributed by atoms with Gasteiger partial charge in [-0.15, -0.1) is 0 Å². The van der Waals surface area contributed by atoms with Crippen LogP contribution in [0.15, 0.2) is 0 Å². The highest BCUT2D eigenvalue weighted by Gasteiger charge is 2.43. The molecule has 0 bridgehead atoms. The lowest BCUT2D eigenvalue weighted by molar-refractivity contribution is -0.170. The van der Waals surface area contributed by atoms with Gasteiger partial charge in [-0.05, 0) is 32.4 Å². The zero-order chi connectivity index (χ0) is 14.5. The summed E-state index contributed by atoms with van der Waals surface area (Å²) in [7, 11) is 0. The van der Waals surface area contributed by atoms with Crippen LogP contribution in [0, 0.1) is 5.41 Å². The van der Waals surface area contributed by atoms with Crippen molar-refractivity contribution in [3.8, 4) is 0 Å². The standard InChI is InChI=1S/C12H21F3N2O2/c1-2-11(3-5-16-6-4-11)10(19)17(7-8-18)9-12(13,14)15/h16,18H,2-9H2,1H3. The van der Waals surface area contributed by atoms with Crippen LogP contribution in [0.2, 0.25) is 0 Å². The molecular formula is C12H21F3N2O2. The highest BCUT2D eigenvalue weighted by Crippen LogP contribution is 2.35. The quantitative estimate of drug-likeness (QED) is 0.795. The minimum Gasteiger partial charge on any atom is -0.395 e. The first kappa shape index (κ1) is 16.2. The number of aliphatic hydroxyl groups is 1. The number of aliphatic hydroxyl groups excluding tert-OH is 1. The molecule has 2 N–H and O–H groups in total. The Morgan fingerprint density at radius 1 is 1.37 bits per heavy atom. The molecule has 0 aromatic heterocycles. The number of nitrogens with one attached hydrogen (secondary N) is 1. The van der Waals surface area contributed by atoms with Crippen LogP contribution in [0.5, 0.6) is 0 Å². The lowest BCUT2D eigenvalue weighted by Crippen LogP contribution is -2.52. The Kier molecular flexibility index (Phi) is 5.61. The van der Waals surface area contributed by atoms with Gasteiger partial charge in [0.2, 0.25) is 5.91 Å². The Morgan fingerprint density at radius 2 is 1.95 bits per heavy atom. The summed E-state index contributed by atoms with van der Waals surface area (Å²) in [6.45, 7) is 1.08. The van der Waals surface area contributed by atoms with Crippen LogP contribution in [0.1, 0.15) is 26.2 Å². The molecule has 112 valence electrons. The van der Waals surface area contributed by atoms with Crippen LogP contribution < -0.4 is 5.32 Å². The number of nitrogens with zero attached hydrogens (tertiary/aromatic N) is 1. The Morgan fingerprint density at radius 3 is 2.37 bits per heavy atom. The number of rotatable bonds is 5. The van der Waals surface area contributed by atoms with Gasteiger partial charge in [-0.2, -0.15) is 13.2 Å². The molecule has 7 heteroatoms. The fourth-order valence-electron chi connectivity index (χ4n) is 2.55. The van der Waals surface area contributed by atoms with Crippen molar-refractivity contribution in [1.82, 2.24) is 10.2 Å². The first-order valence-corrected chi connectivity index (χ1v) is 6.52. The van der Waals surface area contributed by atoms with Gasteiger partial charge in [-0.3, -0.25) is 4.79 Å². The van der Waals surface area contributed by atoms with Gasteiger partial charge < -0.3 is 15.3 Å². The lowest BCUT2D eigenvalue weighted by Gasteiger charge is -2.39. The van der Waals surface area contributed by atoms with E-state index in [-0.39, 0.29) is 6.54 Å². The molecule has 0 saturated carbocycles. The Hall–Kier alpha value is -0.820. The summed E-state index contributed by atoms with van der Waals surface area (Å²) in [6.07, 6.45) is -2.83. The molecule has 1 amide bonds. The van der Waals surface area contributed by atoms with Crippen molar-refractivity contribution in [3.05, 3.63) is 0 Å². The molecule has 19 heavy (non-hydrogen) atoms. The highest BCUT2D eigenvalue weighted by molar-refractivity contribution is 5.83. The van der Waals surface area contributed by atoms with Gasteiger partial charge in [-0.25, -0.2) is 0 Å². The molecule has 0 spiro atoms. The van der Waals surface area contributed by atoms with E-state index in [1.54, 1.807) is 0 Å². The molecule has 1 fully saturated rings. The largest absolute Gasteiger partial charge is 0.406 e. The van der Waals surface area contributed by atoms with E-state index in [9.17, 15) is 18.0 Å². The van der Waals surface area contributed by atoms with Crippen molar-refractivity contribution in [2.75, 3.05) is 32.8 Å². The summed E-state index contributed by atoms with van der Waals surface area (Å²) in [6, 6.07) is 0. The normalized spacial score (nSPS) is 19.2. The van der Waals surface area contributed by atoms with Crippen LogP contribution >= 0.6 is 0 Å². The first-order valence-electron chi connectivity index (χ1n) is 6.52. The molecule has 1 saturated heterocycles. The predicted octanol–water partition coefficient (Wildman–Crippen LogP) is 1.15. The second kappa shape index (κ2) is 6.56. The van der Waals surface area contributed by atoms with Crippen molar-refractivity contribution >= 4 is 5.91 Å². The van der Waals surface area contributed by atoms with E-state index in [1.807, 2.05) is 6.92 Å². The number of carbonyl (C=O) groups excluding carboxylic acids is 1. The van der Waals surface area contributed by atoms with Crippen molar-refractivity contribution in [3.63, 3.8) is 0 Å². The molecular weight excluding hydrogens is 261 g/mol. The monoisotopic (exact) mass is 282 g/mol. The number of hydrogen-bond donors (Lipinski definition) is 2. The van der Waals surface area contributed by atoms with Gasteiger partial charge in [-0.1, -0.05) is 6.92 Å². The molecule has 1 heterocycles. The minimum atomic E-state index is -4.44. The van der Waals surface area contributed by atoms with E-state index in [0.717, 1.165) is 4.90 Å². The summed E-state index contributed by atoms with van der Waals surface area (Å²) >= 11 is 0. The van der Waals surface area contributed by atoms with Crippen molar-refractivity contribution < 1.29 is 23.1 Å². The molecule has 1 aliphatic rings. The van der Waals surface area contributed by atoms with E-state index < -0.39 is 30.7 Å². The minimum absolute atomic E-state index is 0.270. The van der Waals surface area contributed by atoms with Crippen LogP contribution in [-0.4, -0.2) is 54.9 Å². The zero-order valence-electron chi connectivity index (χ0n) is 11.1. The Bertz CT molecular complexity index is 302. The molecule has 0 unspecified atom stereocenters. The summed E-state index contributed by atoms with van der Waals surface area (Å²) in [5.74, 6) is -0.483. The second-order valence-corrected chi connectivity index (χ2v) is 4.95. The topological polar surface area (TPSA) is 52.6 Å². The number of alkyl halides is 3. The van der Waals surface area contributed by atoms with Crippen molar-refractivity contribution in [2.24, 2.45) is 5.41 Å². The number of carbonyl (C=O) groups is 1. The van der Waals surface area contributed by atoms with E-state index >= 15 is 0 Å². The molecule has 0 atom stereocenters. The number of hydrogen-bond acceptors (Lipinski definition) is 3. The van der Waals surface area contributed by atoms with Crippen molar-refractivity contribution in [1.29, 1.82) is 0 Å². The smallest absolute Gasteiger partial charge is 0.395 e. The van der Waals surface area contributed by atoms with E-state index in [2.05, 4.69) is 5.32 Å². The summed E-state index contributed by atoms with van der Waals surface area (Å²) < 4.78 is 37.5. The van der Waals surface area contributed by atoms with Crippen LogP contribution in [0.4, 0.5) is 13.2 Å². The lowest BCUT2D eigenvalue weighted by atomic mass is 9.75. The first-order chi connectivity index (χ1) is 8.84.